The van der Waals surface area contributed by atoms with Crippen LogP contribution in [0.1, 0.15) is 28.4 Å². The van der Waals surface area contributed by atoms with Gasteiger partial charge in [0.1, 0.15) is 5.75 Å². The number of nitrogens with one attached hydrogen (secondary N) is 2. The third-order valence-electron chi connectivity index (χ3n) is 3.61. The van der Waals surface area contributed by atoms with E-state index in [-0.39, 0.29) is 11.8 Å². The molecule has 0 aliphatic rings. The van der Waals surface area contributed by atoms with Gasteiger partial charge < -0.3 is 15.4 Å². The van der Waals surface area contributed by atoms with Crippen LogP contribution in [0.4, 0.5) is 0 Å². The lowest BCUT2D eigenvalue weighted by atomic mass is 10.1. The molecule has 2 amide bonds. The van der Waals surface area contributed by atoms with Crippen molar-refractivity contribution in [1.82, 2.24) is 10.6 Å². The van der Waals surface area contributed by atoms with Crippen LogP contribution in [0, 0.1) is 6.92 Å². The minimum absolute atomic E-state index is 0.134. The zero-order valence-electron chi connectivity index (χ0n) is 14.1. The van der Waals surface area contributed by atoms with Crippen molar-refractivity contribution in [3.8, 4) is 5.75 Å². The molecule has 0 heterocycles. The molecule has 5 heteroatoms. The zero-order valence-corrected chi connectivity index (χ0v) is 14.1. The summed E-state index contributed by atoms with van der Waals surface area (Å²) in [4.78, 5) is 23.6. The molecule has 2 N–H and O–H groups in total. The summed E-state index contributed by atoms with van der Waals surface area (Å²) < 4.78 is 5.62. The first-order chi connectivity index (χ1) is 11.5. The van der Waals surface area contributed by atoms with Crippen molar-refractivity contribution in [1.29, 1.82) is 0 Å². The summed E-state index contributed by atoms with van der Waals surface area (Å²) in [5, 5.41) is 5.40. The molecule has 1 unspecified atom stereocenters. The van der Waals surface area contributed by atoms with Crippen molar-refractivity contribution in [2.75, 3.05) is 7.05 Å². The predicted octanol–water partition coefficient (Wildman–Crippen LogP) is 2.44. The number of benzene rings is 2. The molecule has 126 valence electrons. The van der Waals surface area contributed by atoms with E-state index in [4.69, 9.17) is 4.74 Å². The van der Waals surface area contributed by atoms with Gasteiger partial charge in [0, 0.05) is 19.2 Å². The highest BCUT2D eigenvalue weighted by Gasteiger charge is 2.14. The van der Waals surface area contributed by atoms with E-state index in [0.717, 1.165) is 11.1 Å². The van der Waals surface area contributed by atoms with Gasteiger partial charge in [-0.05, 0) is 43.7 Å². The molecule has 0 aliphatic heterocycles. The number of hydrogen-bond donors (Lipinski definition) is 2. The summed E-state index contributed by atoms with van der Waals surface area (Å²) in [6.07, 6.45) is -0.585. The van der Waals surface area contributed by atoms with E-state index in [1.165, 1.54) is 0 Å². The normalized spacial score (nSPS) is 11.5. The Morgan fingerprint density at radius 3 is 2.25 bits per heavy atom. The van der Waals surface area contributed by atoms with Crippen LogP contribution in [0.5, 0.6) is 5.75 Å². The fraction of sp³-hybridized carbons (Fsp3) is 0.263. The topological polar surface area (TPSA) is 67.4 Å². The molecule has 0 fully saturated rings. The quantitative estimate of drug-likeness (QED) is 0.857. The molecule has 0 saturated carbocycles. The highest BCUT2D eigenvalue weighted by atomic mass is 16.5. The molecule has 0 bridgehead atoms. The third kappa shape index (κ3) is 4.84. The Kier molecular flexibility index (Phi) is 5.95. The standard InChI is InChI=1S/C19H22N2O3/c1-13-4-10-17(11-5-13)24-14(2)18(22)21-12-15-6-8-16(9-7-15)19(23)20-3/h4-11,14H,12H2,1-3H3,(H,20,23)(H,21,22). The Balaban J connectivity index is 1.85. The van der Waals surface area contributed by atoms with Gasteiger partial charge >= 0.3 is 0 Å². The molecule has 2 rings (SSSR count). The first kappa shape index (κ1) is 17.5. The van der Waals surface area contributed by atoms with Crippen LogP contribution in [-0.4, -0.2) is 25.0 Å². The lowest BCUT2D eigenvalue weighted by Gasteiger charge is -2.15. The first-order valence-corrected chi connectivity index (χ1v) is 7.81. The second-order valence-electron chi connectivity index (χ2n) is 5.57. The van der Waals surface area contributed by atoms with Crippen molar-refractivity contribution in [3.05, 3.63) is 65.2 Å². The molecule has 2 aromatic carbocycles. The number of rotatable bonds is 6. The largest absolute Gasteiger partial charge is 0.481 e. The minimum Gasteiger partial charge on any atom is -0.481 e. The van der Waals surface area contributed by atoms with Crippen LogP contribution < -0.4 is 15.4 Å². The van der Waals surface area contributed by atoms with Gasteiger partial charge in [0.05, 0.1) is 0 Å². The van der Waals surface area contributed by atoms with Crippen LogP contribution in [0.2, 0.25) is 0 Å². The number of aryl methyl sites for hydroxylation is 1. The second-order valence-corrected chi connectivity index (χ2v) is 5.57. The van der Waals surface area contributed by atoms with Gasteiger partial charge in [0.2, 0.25) is 0 Å². The molecule has 0 aliphatic carbocycles. The molecule has 1 atom stereocenters. The smallest absolute Gasteiger partial charge is 0.261 e. The molecule has 5 nitrogen and oxygen atoms in total. The summed E-state index contributed by atoms with van der Waals surface area (Å²) in [5.41, 5.74) is 2.64. The van der Waals surface area contributed by atoms with Gasteiger partial charge in [-0.25, -0.2) is 0 Å². The second kappa shape index (κ2) is 8.15. The summed E-state index contributed by atoms with van der Waals surface area (Å²) in [6.45, 7) is 4.09. The molecule has 2 aromatic rings. The van der Waals surface area contributed by atoms with Gasteiger partial charge in [-0.2, -0.15) is 0 Å². The van der Waals surface area contributed by atoms with E-state index in [1.54, 1.807) is 26.1 Å². The number of ether oxygens (including phenoxy) is 1. The van der Waals surface area contributed by atoms with Crippen molar-refractivity contribution >= 4 is 11.8 Å². The van der Waals surface area contributed by atoms with Gasteiger partial charge in [-0.15, -0.1) is 0 Å². The fourth-order valence-electron chi connectivity index (χ4n) is 2.13. The van der Waals surface area contributed by atoms with Crippen LogP contribution in [0.3, 0.4) is 0 Å². The van der Waals surface area contributed by atoms with Crippen LogP contribution in [0.25, 0.3) is 0 Å². The van der Waals surface area contributed by atoms with Crippen LogP contribution in [0.15, 0.2) is 48.5 Å². The fourth-order valence-corrected chi connectivity index (χ4v) is 2.13. The molecule has 0 radical (unpaired) electrons. The number of carbonyl (C=O) groups excluding carboxylic acids is 2. The molecule has 0 saturated heterocycles. The maximum atomic E-state index is 12.1. The molecular weight excluding hydrogens is 304 g/mol. The Hall–Kier alpha value is -2.82. The highest BCUT2D eigenvalue weighted by molar-refractivity contribution is 5.93. The van der Waals surface area contributed by atoms with E-state index in [9.17, 15) is 9.59 Å². The van der Waals surface area contributed by atoms with Gasteiger partial charge in [0.15, 0.2) is 6.10 Å². The van der Waals surface area contributed by atoms with Crippen molar-refractivity contribution in [2.24, 2.45) is 0 Å². The molecule has 0 aromatic heterocycles. The Bertz CT molecular complexity index is 694. The monoisotopic (exact) mass is 326 g/mol. The van der Waals surface area contributed by atoms with Crippen molar-refractivity contribution in [2.45, 2.75) is 26.5 Å². The van der Waals surface area contributed by atoms with Gasteiger partial charge in [-0.1, -0.05) is 29.8 Å². The lowest BCUT2D eigenvalue weighted by molar-refractivity contribution is -0.127. The van der Waals surface area contributed by atoms with Crippen LogP contribution in [-0.2, 0) is 11.3 Å². The lowest BCUT2D eigenvalue weighted by Crippen LogP contribution is -2.35. The predicted molar refractivity (Wildman–Crippen MR) is 92.9 cm³/mol. The summed E-state index contributed by atoms with van der Waals surface area (Å²) in [5.74, 6) is 0.342. The van der Waals surface area contributed by atoms with E-state index in [2.05, 4.69) is 10.6 Å². The van der Waals surface area contributed by atoms with E-state index in [0.29, 0.717) is 17.9 Å². The van der Waals surface area contributed by atoms with E-state index >= 15 is 0 Å². The minimum atomic E-state index is -0.585. The molecular formula is C19H22N2O3. The Morgan fingerprint density at radius 2 is 1.67 bits per heavy atom. The third-order valence-corrected chi connectivity index (χ3v) is 3.61. The molecule has 0 spiro atoms. The Labute approximate surface area is 142 Å². The number of carbonyl (C=O) groups is 2. The summed E-state index contributed by atoms with van der Waals surface area (Å²) in [6, 6.07) is 14.7. The van der Waals surface area contributed by atoms with Gasteiger partial charge in [-0.3, -0.25) is 9.59 Å². The Morgan fingerprint density at radius 1 is 1.04 bits per heavy atom. The van der Waals surface area contributed by atoms with Crippen LogP contribution >= 0.6 is 0 Å². The average Bonchev–Trinajstić information content (AvgIpc) is 2.61. The highest BCUT2D eigenvalue weighted by Crippen LogP contribution is 2.13. The maximum Gasteiger partial charge on any atom is 0.261 e. The average molecular weight is 326 g/mol. The zero-order chi connectivity index (χ0) is 17.5. The van der Waals surface area contributed by atoms with E-state index < -0.39 is 6.10 Å². The number of amides is 2. The first-order valence-electron chi connectivity index (χ1n) is 7.81. The van der Waals surface area contributed by atoms with Crippen molar-refractivity contribution < 1.29 is 14.3 Å². The van der Waals surface area contributed by atoms with E-state index in [1.807, 2.05) is 43.3 Å². The summed E-state index contributed by atoms with van der Waals surface area (Å²) >= 11 is 0. The number of hydrogen-bond acceptors (Lipinski definition) is 3. The van der Waals surface area contributed by atoms with Crippen molar-refractivity contribution in [3.63, 3.8) is 0 Å². The molecule has 24 heavy (non-hydrogen) atoms. The maximum absolute atomic E-state index is 12.1. The summed E-state index contributed by atoms with van der Waals surface area (Å²) in [7, 11) is 1.59. The SMILES string of the molecule is CNC(=O)c1ccc(CNC(=O)C(C)Oc2ccc(C)cc2)cc1. The van der Waals surface area contributed by atoms with Gasteiger partial charge in [0.25, 0.3) is 11.8 Å².